The van der Waals surface area contributed by atoms with Crippen molar-refractivity contribution in [1.82, 2.24) is 16.0 Å². The first-order valence-electron chi connectivity index (χ1n) is 14.4. The van der Waals surface area contributed by atoms with Crippen LogP contribution in [0, 0.1) is 6.92 Å². The molecule has 2 aromatic heterocycles. The number of thioether (sulfide) groups is 1. The van der Waals surface area contributed by atoms with Crippen LogP contribution < -0.4 is 21.6 Å². The average molecular weight is 620 g/mol. The molecule has 0 saturated heterocycles. The molecule has 2 aromatic carbocycles. The van der Waals surface area contributed by atoms with Gasteiger partial charge in [0.15, 0.2) is 0 Å². The van der Waals surface area contributed by atoms with E-state index in [1.54, 1.807) is 13.0 Å². The molecular weight excluding hydrogens is 586 g/mol. The predicted octanol–water partition coefficient (Wildman–Crippen LogP) is 3.00. The summed E-state index contributed by atoms with van der Waals surface area (Å²) in [4.78, 5) is 61.5. The van der Waals surface area contributed by atoms with E-state index in [2.05, 4.69) is 16.0 Å². The first kappa shape index (κ1) is 30.9. The van der Waals surface area contributed by atoms with Gasteiger partial charge in [0.05, 0.1) is 25.1 Å². The van der Waals surface area contributed by atoms with Gasteiger partial charge in [-0.25, -0.2) is 9.59 Å². The number of carbonyl (C=O) groups excluding carboxylic acids is 3. The van der Waals surface area contributed by atoms with Crippen LogP contribution in [-0.4, -0.2) is 53.7 Å². The lowest BCUT2D eigenvalue weighted by Gasteiger charge is -2.15. The van der Waals surface area contributed by atoms with Crippen LogP contribution in [0.1, 0.15) is 40.9 Å². The number of hydrogen-bond donors (Lipinski definition) is 4. The van der Waals surface area contributed by atoms with E-state index in [-0.39, 0.29) is 17.7 Å². The van der Waals surface area contributed by atoms with Crippen molar-refractivity contribution in [2.24, 2.45) is 0 Å². The van der Waals surface area contributed by atoms with E-state index in [0.29, 0.717) is 22.5 Å². The molecule has 3 amide bonds. The fraction of sp³-hybridized carbons (Fsp3) is 0.344. The Morgan fingerprint density at radius 3 is 2.39 bits per heavy atom. The second-order valence-electron chi connectivity index (χ2n) is 10.7. The topological polar surface area (TPSA) is 168 Å². The Morgan fingerprint density at radius 2 is 1.61 bits per heavy atom. The fourth-order valence-corrected chi connectivity index (χ4v) is 6.29. The molecule has 0 radical (unpaired) electrons. The molecule has 11 nitrogen and oxygen atoms in total. The van der Waals surface area contributed by atoms with E-state index in [1.165, 1.54) is 17.3 Å². The summed E-state index contributed by atoms with van der Waals surface area (Å²) in [6.45, 7) is 0.874. The summed E-state index contributed by atoms with van der Waals surface area (Å²) in [5.74, 6) is -1.35. The molecule has 0 saturated carbocycles. The molecule has 1 atom stereocenters. The Kier molecular flexibility index (Phi) is 9.69. The number of aliphatic carboxylic acids is 1. The molecule has 2 heterocycles. The van der Waals surface area contributed by atoms with Crippen molar-refractivity contribution in [3.8, 4) is 0 Å². The van der Waals surface area contributed by atoms with Crippen molar-refractivity contribution in [1.29, 1.82) is 0 Å². The summed E-state index contributed by atoms with van der Waals surface area (Å²) < 4.78 is 11.5. The summed E-state index contributed by atoms with van der Waals surface area (Å²) in [5, 5.41) is 18.4. The summed E-state index contributed by atoms with van der Waals surface area (Å²) in [7, 11) is 0. The normalized spacial score (nSPS) is 13.3. The largest absolute Gasteiger partial charge is 0.480 e. The lowest BCUT2D eigenvalue weighted by Crippen LogP contribution is -2.48. The molecule has 12 heteroatoms. The van der Waals surface area contributed by atoms with Gasteiger partial charge in [0, 0.05) is 40.3 Å². The third kappa shape index (κ3) is 7.31. The van der Waals surface area contributed by atoms with Gasteiger partial charge in [-0.15, -0.1) is 0 Å². The standard InChI is InChI=1S/C32H33N3O8S/c1-18-21-11-23-20-9-5-6-10-25(20)42-27(23)13-26(21)43-32(41)22(18)12-28(36)33-14-29(37)34-15-30(38)35-24(31(39)40)17-44-16-19-7-3-2-4-8-19/h2-4,7-8,11,13,24H,5-6,9-10,12,14-17H2,1H3,(H,33,36)(H,34,37)(H,35,38)(H,39,40)/t24-/m0/s1. The minimum atomic E-state index is -1.18. The highest BCUT2D eigenvalue weighted by Crippen LogP contribution is 2.35. The zero-order valence-corrected chi connectivity index (χ0v) is 25.0. The molecule has 1 aliphatic rings. The number of aryl methyl sites for hydroxylation is 3. The Balaban J connectivity index is 1.11. The number of carbonyl (C=O) groups is 4. The van der Waals surface area contributed by atoms with Gasteiger partial charge in [-0.2, -0.15) is 11.8 Å². The zero-order valence-electron chi connectivity index (χ0n) is 24.2. The zero-order chi connectivity index (χ0) is 31.2. The van der Waals surface area contributed by atoms with Gasteiger partial charge in [0.25, 0.3) is 0 Å². The molecule has 0 fully saturated rings. The second kappa shape index (κ2) is 13.8. The van der Waals surface area contributed by atoms with E-state index in [9.17, 15) is 29.1 Å². The molecule has 0 unspecified atom stereocenters. The van der Waals surface area contributed by atoms with Crippen molar-refractivity contribution < 1.29 is 33.1 Å². The molecule has 0 aliphatic heterocycles. The Labute approximate surface area is 256 Å². The number of nitrogens with one attached hydrogen (secondary N) is 3. The van der Waals surface area contributed by atoms with Crippen LogP contribution >= 0.6 is 11.8 Å². The van der Waals surface area contributed by atoms with Gasteiger partial charge in [-0.1, -0.05) is 30.3 Å². The quantitative estimate of drug-likeness (QED) is 0.174. The van der Waals surface area contributed by atoms with E-state index in [4.69, 9.17) is 8.83 Å². The highest BCUT2D eigenvalue weighted by atomic mass is 32.2. The maximum atomic E-state index is 12.8. The van der Waals surface area contributed by atoms with Crippen LogP contribution in [0.3, 0.4) is 0 Å². The first-order chi connectivity index (χ1) is 21.2. The first-order valence-corrected chi connectivity index (χ1v) is 15.5. The van der Waals surface area contributed by atoms with E-state index in [1.807, 2.05) is 36.4 Å². The molecule has 1 aliphatic carbocycles. The summed E-state index contributed by atoms with van der Waals surface area (Å²) in [6.07, 6.45) is 3.68. The lowest BCUT2D eigenvalue weighted by atomic mass is 9.94. The van der Waals surface area contributed by atoms with Crippen LogP contribution in [0.25, 0.3) is 21.9 Å². The molecule has 0 spiro atoms. The Morgan fingerprint density at radius 1 is 0.909 bits per heavy atom. The highest BCUT2D eigenvalue weighted by molar-refractivity contribution is 7.98. The van der Waals surface area contributed by atoms with Crippen molar-refractivity contribution >= 4 is 57.4 Å². The predicted molar refractivity (Wildman–Crippen MR) is 166 cm³/mol. The smallest absolute Gasteiger partial charge is 0.340 e. The van der Waals surface area contributed by atoms with E-state index < -0.39 is 48.4 Å². The second-order valence-corrected chi connectivity index (χ2v) is 11.8. The molecule has 5 rings (SSSR count). The number of carboxylic acids is 1. The van der Waals surface area contributed by atoms with Crippen LogP contribution in [0.15, 0.2) is 56.1 Å². The van der Waals surface area contributed by atoms with Crippen molar-refractivity contribution in [2.45, 2.75) is 50.8 Å². The minimum absolute atomic E-state index is 0.150. The third-order valence-corrected chi connectivity index (χ3v) is 8.73. The molecule has 44 heavy (non-hydrogen) atoms. The van der Waals surface area contributed by atoms with Crippen molar-refractivity contribution in [3.63, 3.8) is 0 Å². The maximum absolute atomic E-state index is 12.8. The lowest BCUT2D eigenvalue weighted by molar-refractivity contribution is -0.141. The van der Waals surface area contributed by atoms with Gasteiger partial charge in [0.1, 0.15) is 23.0 Å². The Bertz CT molecular complexity index is 1780. The third-order valence-electron chi connectivity index (χ3n) is 7.62. The number of furan rings is 1. The molecular formula is C32H33N3O8S. The fourth-order valence-electron chi connectivity index (χ4n) is 5.28. The number of amides is 3. The Hall–Kier alpha value is -4.58. The number of benzene rings is 2. The summed E-state index contributed by atoms with van der Waals surface area (Å²) in [6, 6.07) is 12.1. The van der Waals surface area contributed by atoms with Gasteiger partial charge < -0.3 is 29.9 Å². The van der Waals surface area contributed by atoms with E-state index in [0.717, 1.165) is 47.8 Å². The minimum Gasteiger partial charge on any atom is -0.480 e. The van der Waals surface area contributed by atoms with Crippen LogP contribution in [-0.2, 0) is 44.2 Å². The van der Waals surface area contributed by atoms with Crippen LogP contribution in [0.2, 0.25) is 0 Å². The SMILES string of the molecule is Cc1c(CC(=O)NCC(=O)NCC(=O)N[C@@H](CSCc2ccccc2)C(=O)O)c(=O)oc2cc3oc4c(c3cc12)CCCC4. The van der Waals surface area contributed by atoms with Crippen molar-refractivity contribution in [3.05, 3.63) is 80.9 Å². The van der Waals surface area contributed by atoms with E-state index >= 15 is 0 Å². The molecule has 0 bridgehead atoms. The van der Waals surface area contributed by atoms with Gasteiger partial charge in [0.2, 0.25) is 17.7 Å². The molecule has 4 aromatic rings. The van der Waals surface area contributed by atoms with Crippen molar-refractivity contribution in [2.75, 3.05) is 18.8 Å². The maximum Gasteiger partial charge on any atom is 0.340 e. The summed E-state index contributed by atoms with van der Waals surface area (Å²) >= 11 is 1.37. The average Bonchev–Trinajstić information content (AvgIpc) is 3.37. The van der Waals surface area contributed by atoms with Gasteiger partial charge in [-0.05, 0) is 43.4 Å². The summed E-state index contributed by atoms with van der Waals surface area (Å²) in [5.41, 5.74) is 3.44. The van der Waals surface area contributed by atoms with Crippen LogP contribution in [0.4, 0.5) is 0 Å². The number of hydrogen-bond acceptors (Lipinski definition) is 8. The monoisotopic (exact) mass is 619 g/mol. The van der Waals surface area contributed by atoms with Gasteiger partial charge >= 0.3 is 11.6 Å². The highest BCUT2D eigenvalue weighted by Gasteiger charge is 2.22. The molecule has 230 valence electrons. The number of fused-ring (bicyclic) bond motifs is 4. The van der Waals surface area contributed by atoms with Crippen LogP contribution in [0.5, 0.6) is 0 Å². The number of carboxylic acid groups (broad SMARTS) is 1. The molecule has 4 N–H and O–H groups in total. The number of rotatable bonds is 12. The van der Waals surface area contributed by atoms with Gasteiger partial charge in [-0.3, -0.25) is 14.4 Å².